The second-order valence-electron chi connectivity index (χ2n) is 3.53. The first-order chi connectivity index (χ1) is 8.09. The molecule has 2 rings (SSSR count). The van der Waals surface area contributed by atoms with Crippen LogP contribution in [0, 0.1) is 0 Å². The van der Waals surface area contributed by atoms with E-state index in [1.54, 1.807) is 0 Å². The minimum atomic E-state index is -4.85. The van der Waals surface area contributed by atoms with Crippen LogP contribution in [0.4, 0.5) is 19.1 Å². The normalized spacial score (nSPS) is 13.1. The van der Waals surface area contributed by atoms with E-state index in [-0.39, 0.29) is 17.0 Å². The molecule has 98 valence electrons. The summed E-state index contributed by atoms with van der Waals surface area (Å²) in [7, 11) is -4.51. The van der Waals surface area contributed by atoms with Gasteiger partial charge >= 0.3 is 6.18 Å². The van der Waals surface area contributed by atoms with Crippen LogP contribution < -0.4 is 10.9 Å². The maximum atomic E-state index is 12.7. The number of nitrogens with zero attached hydrogens (tertiary/aromatic N) is 1. The van der Waals surface area contributed by atoms with Crippen LogP contribution in [-0.2, 0) is 16.2 Å². The Balaban J connectivity index is 2.88. The van der Waals surface area contributed by atoms with Gasteiger partial charge in [-0.25, -0.2) is 18.5 Å². The summed E-state index contributed by atoms with van der Waals surface area (Å²) in [5.41, 5.74) is 3.89. The number of aromatic nitrogens is 2. The molecule has 10 heteroatoms. The predicted molar refractivity (Wildman–Crippen MR) is 56.9 cm³/mol. The zero-order valence-corrected chi connectivity index (χ0v) is 9.43. The van der Waals surface area contributed by atoms with Crippen molar-refractivity contribution in [3.8, 4) is 0 Å². The fourth-order valence-electron chi connectivity index (χ4n) is 1.51. The van der Waals surface area contributed by atoms with Crippen molar-refractivity contribution in [1.29, 1.82) is 0 Å². The van der Waals surface area contributed by atoms with Gasteiger partial charge in [0.15, 0.2) is 5.95 Å². The van der Waals surface area contributed by atoms with Gasteiger partial charge in [0.1, 0.15) is 0 Å². The van der Waals surface area contributed by atoms with Crippen molar-refractivity contribution < 1.29 is 21.6 Å². The van der Waals surface area contributed by atoms with Gasteiger partial charge in [0.2, 0.25) is 10.0 Å². The molecule has 1 aromatic carbocycles. The summed E-state index contributed by atoms with van der Waals surface area (Å²) in [5.74, 6) is -0.121. The Hall–Kier alpha value is -1.81. The van der Waals surface area contributed by atoms with Crippen molar-refractivity contribution in [2.45, 2.75) is 11.1 Å². The lowest BCUT2D eigenvalue weighted by Crippen LogP contribution is -2.19. The average Bonchev–Trinajstić information content (AvgIpc) is 2.52. The number of sulfonamides is 1. The molecule has 0 aliphatic heterocycles. The molecule has 6 nitrogen and oxygen atoms in total. The average molecular weight is 280 g/mol. The number of imidazole rings is 1. The zero-order valence-electron chi connectivity index (χ0n) is 8.62. The second-order valence-corrected chi connectivity index (χ2v) is 5.06. The Kier molecular flexibility index (Phi) is 2.52. The molecule has 0 aliphatic rings. The summed E-state index contributed by atoms with van der Waals surface area (Å²) in [4.78, 5) is 4.99. The van der Waals surface area contributed by atoms with Crippen LogP contribution in [0.5, 0.6) is 0 Å². The number of fused-ring (bicyclic) bond motifs is 1. The summed E-state index contributed by atoms with van der Waals surface area (Å²) in [6, 6.07) is 1.35. The number of nitrogens with one attached hydrogen (secondary N) is 1. The molecule has 2 aromatic rings. The fourth-order valence-corrected chi connectivity index (χ4v) is 2.27. The third-order valence-corrected chi connectivity index (χ3v) is 3.16. The molecule has 0 bridgehead atoms. The highest BCUT2D eigenvalue weighted by Gasteiger charge is 2.37. The standard InChI is InChI=1S/C8H7F3N4O2S/c9-8(10,11)3-1-4-5(15-7(12)14-4)2-6(3)18(13,16)17/h1-2H,(H3,12,14,15)(H2,13,16,17). The smallest absolute Gasteiger partial charge is 0.369 e. The predicted octanol–water partition coefficient (Wildman–Crippen LogP) is 0.811. The number of halogens is 3. The number of rotatable bonds is 1. The molecule has 5 N–H and O–H groups in total. The van der Waals surface area contributed by atoms with E-state index >= 15 is 0 Å². The highest BCUT2D eigenvalue weighted by Crippen LogP contribution is 2.35. The molecule has 0 fully saturated rings. The highest BCUT2D eigenvalue weighted by molar-refractivity contribution is 7.89. The van der Waals surface area contributed by atoms with Gasteiger partial charge in [0.25, 0.3) is 0 Å². The van der Waals surface area contributed by atoms with Crippen LogP contribution in [0.2, 0.25) is 0 Å². The second kappa shape index (κ2) is 3.59. The number of aromatic amines is 1. The van der Waals surface area contributed by atoms with Crippen molar-refractivity contribution in [3.63, 3.8) is 0 Å². The van der Waals surface area contributed by atoms with Crippen molar-refractivity contribution in [2.75, 3.05) is 5.73 Å². The topological polar surface area (TPSA) is 115 Å². The van der Waals surface area contributed by atoms with E-state index in [4.69, 9.17) is 10.9 Å². The van der Waals surface area contributed by atoms with E-state index in [1.807, 2.05) is 0 Å². The first kappa shape index (κ1) is 12.6. The minimum absolute atomic E-state index is 0.00970. The van der Waals surface area contributed by atoms with Crippen LogP contribution in [0.1, 0.15) is 5.56 Å². The quantitative estimate of drug-likeness (QED) is 0.717. The molecular weight excluding hydrogens is 273 g/mol. The molecule has 0 saturated heterocycles. The van der Waals surface area contributed by atoms with Gasteiger partial charge < -0.3 is 10.7 Å². The van der Waals surface area contributed by atoms with Crippen LogP contribution >= 0.6 is 0 Å². The van der Waals surface area contributed by atoms with Crippen LogP contribution in [-0.4, -0.2) is 18.4 Å². The van der Waals surface area contributed by atoms with Gasteiger partial charge in [0.05, 0.1) is 21.5 Å². The van der Waals surface area contributed by atoms with Crippen molar-refractivity contribution in [2.24, 2.45) is 5.14 Å². The maximum Gasteiger partial charge on any atom is 0.417 e. The number of nitrogens with two attached hydrogens (primary N) is 2. The molecule has 0 amide bonds. The summed E-state index contributed by atoms with van der Waals surface area (Å²) >= 11 is 0. The van der Waals surface area contributed by atoms with Crippen molar-refractivity contribution in [1.82, 2.24) is 9.97 Å². The zero-order chi connectivity index (χ0) is 13.7. The Morgan fingerprint density at radius 2 is 1.89 bits per heavy atom. The molecule has 0 atom stereocenters. The maximum absolute atomic E-state index is 12.7. The van der Waals surface area contributed by atoms with Crippen molar-refractivity contribution >= 4 is 27.0 Å². The molecule has 18 heavy (non-hydrogen) atoms. The molecule has 0 radical (unpaired) electrons. The monoisotopic (exact) mass is 280 g/mol. The van der Waals surface area contributed by atoms with Crippen LogP contribution in [0.3, 0.4) is 0 Å². The van der Waals surface area contributed by atoms with Crippen LogP contribution in [0.15, 0.2) is 17.0 Å². The largest absolute Gasteiger partial charge is 0.417 e. The van der Waals surface area contributed by atoms with Gasteiger partial charge in [-0.3, -0.25) is 0 Å². The van der Waals surface area contributed by atoms with Gasteiger partial charge in [-0.1, -0.05) is 0 Å². The van der Waals surface area contributed by atoms with Gasteiger partial charge in [-0.2, -0.15) is 13.2 Å². The molecular formula is C8H7F3N4O2S. The molecule has 1 heterocycles. The third-order valence-electron chi connectivity index (χ3n) is 2.21. The Labute approximate surface area is 98.8 Å². The van der Waals surface area contributed by atoms with E-state index in [0.717, 1.165) is 6.07 Å². The number of primary sulfonamides is 1. The summed E-state index contributed by atoms with van der Waals surface area (Å²) in [6.07, 6.45) is -4.85. The molecule has 0 aliphatic carbocycles. The first-order valence-electron chi connectivity index (χ1n) is 4.48. The molecule has 0 saturated carbocycles. The lowest BCUT2D eigenvalue weighted by molar-refractivity contribution is -0.139. The van der Waals surface area contributed by atoms with Crippen molar-refractivity contribution in [3.05, 3.63) is 17.7 Å². The Bertz CT molecular complexity index is 720. The number of alkyl halides is 3. The molecule has 0 spiro atoms. The van der Waals surface area contributed by atoms with Crippen LogP contribution in [0.25, 0.3) is 11.0 Å². The lowest BCUT2D eigenvalue weighted by Gasteiger charge is -2.11. The van der Waals surface area contributed by atoms with E-state index < -0.39 is 26.7 Å². The van der Waals surface area contributed by atoms with E-state index in [0.29, 0.717) is 6.07 Å². The fraction of sp³-hybridized carbons (Fsp3) is 0.125. The number of H-pyrrole nitrogens is 1. The summed E-state index contributed by atoms with van der Waals surface area (Å²) in [5, 5.41) is 4.76. The number of benzene rings is 1. The number of nitrogen functional groups attached to an aromatic ring is 1. The van der Waals surface area contributed by atoms with Gasteiger partial charge in [0, 0.05) is 0 Å². The summed E-state index contributed by atoms with van der Waals surface area (Å²) < 4.78 is 60.5. The Morgan fingerprint density at radius 1 is 1.28 bits per heavy atom. The third kappa shape index (κ3) is 2.11. The Morgan fingerprint density at radius 3 is 2.39 bits per heavy atom. The molecule has 0 unspecified atom stereocenters. The first-order valence-corrected chi connectivity index (χ1v) is 6.03. The SMILES string of the molecule is Nc1nc2cc(S(N)(=O)=O)c(C(F)(F)F)cc2[nH]1. The minimum Gasteiger partial charge on any atom is -0.369 e. The van der Waals surface area contributed by atoms with Gasteiger partial charge in [-0.05, 0) is 12.1 Å². The van der Waals surface area contributed by atoms with E-state index in [1.165, 1.54) is 0 Å². The van der Waals surface area contributed by atoms with Gasteiger partial charge in [-0.15, -0.1) is 0 Å². The number of anilines is 1. The number of hydrogen-bond donors (Lipinski definition) is 3. The van der Waals surface area contributed by atoms with E-state index in [9.17, 15) is 21.6 Å². The summed E-state index contributed by atoms with van der Waals surface area (Å²) in [6.45, 7) is 0. The number of hydrogen-bond acceptors (Lipinski definition) is 4. The molecule has 1 aromatic heterocycles. The highest BCUT2D eigenvalue weighted by atomic mass is 32.2. The lowest BCUT2D eigenvalue weighted by atomic mass is 10.2. The van der Waals surface area contributed by atoms with E-state index in [2.05, 4.69) is 9.97 Å².